The quantitative estimate of drug-likeness (QED) is 0.867. The predicted octanol–water partition coefficient (Wildman–Crippen LogP) is 4.13. The first-order valence-corrected chi connectivity index (χ1v) is 9.96. The van der Waals surface area contributed by atoms with Crippen LogP contribution in [0.3, 0.4) is 0 Å². The fraction of sp³-hybridized carbons (Fsp3) is 0.333. The van der Waals surface area contributed by atoms with Crippen LogP contribution in [0.5, 0.6) is 0 Å². The average molecular weight is 365 g/mol. The summed E-state index contributed by atoms with van der Waals surface area (Å²) < 4.78 is 26.8. The van der Waals surface area contributed by atoms with Crippen molar-refractivity contribution in [2.45, 2.75) is 30.7 Å². The van der Waals surface area contributed by atoms with E-state index >= 15 is 0 Å². The molecule has 128 valence electrons. The van der Waals surface area contributed by atoms with Crippen molar-refractivity contribution in [3.05, 3.63) is 59.1 Å². The van der Waals surface area contributed by atoms with Gasteiger partial charge in [0, 0.05) is 30.3 Å². The molecule has 2 aromatic carbocycles. The number of rotatable bonds is 5. The average Bonchev–Trinajstić information content (AvgIpc) is 2.62. The Bertz CT molecular complexity index is 768. The van der Waals surface area contributed by atoms with E-state index < -0.39 is 10.0 Å². The van der Waals surface area contributed by atoms with Gasteiger partial charge in [-0.15, -0.1) is 0 Å². The van der Waals surface area contributed by atoms with Gasteiger partial charge in [-0.2, -0.15) is 4.31 Å². The number of nitrogens with zero attached hydrogens (tertiary/aromatic N) is 1. The van der Waals surface area contributed by atoms with Gasteiger partial charge in [-0.3, -0.25) is 0 Å². The molecule has 0 saturated carbocycles. The van der Waals surface area contributed by atoms with Gasteiger partial charge in [-0.25, -0.2) is 8.42 Å². The van der Waals surface area contributed by atoms with Crippen molar-refractivity contribution in [2.24, 2.45) is 0 Å². The van der Waals surface area contributed by atoms with Crippen LogP contribution in [0.2, 0.25) is 5.02 Å². The van der Waals surface area contributed by atoms with E-state index in [0.29, 0.717) is 29.6 Å². The summed E-state index contributed by atoms with van der Waals surface area (Å²) in [6.07, 6.45) is 3.00. The summed E-state index contributed by atoms with van der Waals surface area (Å²) in [5.41, 5.74) is 2.01. The second-order valence-electron chi connectivity index (χ2n) is 5.97. The van der Waals surface area contributed by atoms with Crippen molar-refractivity contribution in [2.75, 3.05) is 18.4 Å². The summed E-state index contributed by atoms with van der Waals surface area (Å²) in [4.78, 5) is 0.362. The first-order chi connectivity index (χ1) is 11.6. The molecule has 24 heavy (non-hydrogen) atoms. The molecule has 0 amide bonds. The van der Waals surface area contributed by atoms with E-state index in [1.165, 1.54) is 0 Å². The monoisotopic (exact) mass is 364 g/mol. The maximum Gasteiger partial charge on any atom is 0.243 e. The van der Waals surface area contributed by atoms with Crippen molar-refractivity contribution in [3.63, 3.8) is 0 Å². The summed E-state index contributed by atoms with van der Waals surface area (Å²) in [5, 5.41) is 4.00. The zero-order valence-corrected chi connectivity index (χ0v) is 15.0. The molecule has 0 atom stereocenters. The molecule has 1 saturated heterocycles. The molecule has 1 aliphatic heterocycles. The number of hydrogen-bond donors (Lipinski definition) is 1. The number of halogens is 1. The highest BCUT2D eigenvalue weighted by Gasteiger charge is 2.25. The first-order valence-electron chi connectivity index (χ1n) is 8.14. The molecule has 0 unspecified atom stereocenters. The normalized spacial score (nSPS) is 16.0. The Morgan fingerprint density at radius 3 is 2.17 bits per heavy atom. The van der Waals surface area contributed by atoms with Crippen molar-refractivity contribution < 1.29 is 8.42 Å². The lowest BCUT2D eigenvalue weighted by Crippen LogP contribution is -2.35. The molecule has 1 fully saturated rings. The molecule has 6 heteroatoms. The van der Waals surface area contributed by atoms with Crippen LogP contribution in [0, 0.1) is 0 Å². The molecular weight excluding hydrogens is 344 g/mol. The largest absolute Gasteiger partial charge is 0.381 e. The third-order valence-corrected chi connectivity index (χ3v) is 6.38. The predicted molar refractivity (Wildman–Crippen MR) is 97.8 cm³/mol. The van der Waals surface area contributed by atoms with Crippen LogP contribution in [-0.4, -0.2) is 25.8 Å². The van der Waals surface area contributed by atoms with Crippen LogP contribution in [0.4, 0.5) is 5.69 Å². The number of piperidine rings is 1. The van der Waals surface area contributed by atoms with Gasteiger partial charge in [0.05, 0.1) is 4.90 Å². The van der Waals surface area contributed by atoms with Gasteiger partial charge >= 0.3 is 0 Å². The van der Waals surface area contributed by atoms with Gasteiger partial charge in [0.1, 0.15) is 0 Å². The molecule has 0 aliphatic carbocycles. The Morgan fingerprint density at radius 1 is 0.917 bits per heavy atom. The Hall–Kier alpha value is -1.56. The second kappa shape index (κ2) is 7.55. The third-order valence-electron chi connectivity index (χ3n) is 4.22. The highest BCUT2D eigenvalue weighted by atomic mass is 35.5. The smallest absolute Gasteiger partial charge is 0.243 e. The lowest BCUT2D eigenvalue weighted by atomic mass is 10.2. The Labute approximate surface area is 148 Å². The highest BCUT2D eigenvalue weighted by molar-refractivity contribution is 7.89. The van der Waals surface area contributed by atoms with Crippen LogP contribution < -0.4 is 5.32 Å². The highest BCUT2D eigenvalue weighted by Crippen LogP contribution is 2.22. The van der Waals surface area contributed by atoms with E-state index in [-0.39, 0.29) is 0 Å². The minimum Gasteiger partial charge on any atom is -0.381 e. The van der Waals surface area contributed by atoms with E-state index in [1.807, 2.05) is 36.4 Å². The summed E-state index contributed by atoms with van der Waals surface area (Å²) >= 11 is 5.87. The second-order valence-corrected chi connectivity index (χ2v) is 8.34. The van der Waals surface area contributed by atoms with Gasteiger partial charge in [0.25, 0.3) is 0 Å². The Kier molecular flexibility index (Phi) is 5.43. The number of nitrogens with one attached hydrogen (secondary N) is 1. The fourth-order valence-electron chi connectivity index (χ4n) is 2.81. The van der Waals surface area contributed by atoms with Crippen LogP contribution in [0.1, 0.15) is 24.8 Å². The molecule has 1 heterocycles. The summed E-state index contributed by atoms with van der Waals surface area (Å²) in [5.74, 6) is 0. The topological polar surface area (TPSA) is 49.4 Å². The number of sulfonamides is 1. The maximum atomic E-state index is 12.6. The van der Waals surface area contributed by atoms with Crippen LogP contribution >= 0.6 is 11.6 Å². The van der Waals surface area contributed by atoms with Gasteiger partial charge in [-0.1, -0.05) is 30.2 Å². The molecular formula is C18H21ClN2O2S. The van der Waals surface area contributed by atoms with E-state index in [9.17, 15) is 8.42 Å². The van der Waals surface area contributed by atoms with Crippen molar-refractivity contribution >= 4 is 27.3 Å². The SMILES string of the molecule is O=S(=O)(c1ccc(NCc2ccc(Cl)cc2)cc1)N1CCCCC1. The van der Waals surface area contributed by atoms with Crippen molar-refractivity contribution in [3.8, 4) is 0 Å². The van der Waals surface area contributed by atoms with Gasteiger partial charge in [0.15, 0.2) is 0 Å². The molecule has 3 rings (SSSR count). The molecule has 2 aromatic rings. The summed E-state index contributed by atoms with van der Waals surface area (Å²) in [7, 11) is -3.36. The van der Waals surface area contributed by atoms with Crippen LogP contribution in [0.25, 0.3) is 0 Å². The molecule has 1 N–H and O–H groups in total. The fourth-order valence-corrected chi connectivity index (χ4v) is 4.45. The van der Waals surface area contributed by atoms with Crippen molar-refractivity contribution in [1.29, 1.82) is 0 Å². The van der Waals surface area contributed by atoms with Crippen molar-refractivity contribution in [1.82, 2.24) is 4.31 Å². The summed E-state index contributed by atoms with van der Waals surface area (Å²) in [6, 6.07) is 14.6. The Morgan fingerprint density at radius 2 is 1.54 bits per heavy atom. The molecule has 0 spiro atoms. The lowest BCUT2D eigenvalue weighted by molar-refractivity contribution is 0.346. The first kappa shape index (κ1) is 17.3. The van der Waals surface area contributed by atoms with Gasteiger partial charge in [-0.05, 0) is 54.8 Å². The van der Waals surface area contributed by atoms with E-state index in [2.05, 4.69) is 5.32 Å². The zero-order chi connectivity index (χ0) is 17.0. The van der Waals surface area contributed by atoms with E-state index in [1.54, 1.807) is 16.4 Å². The molecule has 1 aliphatic rings. The van der Waals surface area contributed by atoms with Gasteiger partial charge < -0.3 is 5.32 Å². The molecule has 0 aromatic heterocycles. The zero-order valence-electron chi connectivity index (χ0n) is 13.4. The third kappa shape index (κ3) is 4.09. The van der Waals surface area contributed by atoms with E-state index in [0.717, 1.165) is 30.5 Å². The lowest BCUT2D eigenvalue weighted by Gasteiger charge is -2.25. The number of hydrogen-bond acceptors (Lipinski definition) is 3. The molecule has 4 nitrogen and oxygen atoms in total. The van der Waals surface area contributed by atoms with Crippen LogP contribution in [0.15, 0.2) is 53.4 Å². The summed E-state index contributed by atoms with van der Waals surface area (Å²) in [6.45, 7) is 1.91. The molecule has 0 radical (unpaired) electrons. The Balaban J connectivity index is 1.65. The minimum absolute atomic E-state index is 0.362. The number of anilines is 1. The minimum atomic E-state index is -3.36. The number of benzene rings is 2. The van der Waals surface area contributed by atoms with Gasteiger partial charge in [0.2, 0.25) is 10.0 Å². The van der Waals surface area contributed by atoms with Crippen LogP contribution in [-0.2, 0) is 16.6 Å². The standard InChI is InChI=1S/C18H21ClN2O2S/c19-16-6-4-15(5-7-16)14-20-17-8-10-18(11-9-17)24(22,23)21-12-2-1-3-13-21/h4-11,20H,1-3,12-14H2. The van der Waals surface area contributed by atoms with E-state index in [4.69, 9.17) is 11.6 Å². The maximum absolute atomic E-state index is 12.6. The molecule has 0 bridgehead atoms.